The number of hydrogen-bond acceptors (Lipinski definition) is 6. The average molecular weight is 396 g/mol. The van der Waals surface area contributed by atoms with Crippen LogP contribution in [0.3, 0.4) is 0 Å². The van der Waals surface area contributed by atoms with Crippen molar-refractivity contribution in [2.75, 3.05) is 39.5 Å². The number of carbonyl (C=O) groups is 2. The first-order valence-corrected chi connectivity index (χ1v) is 9.79. The predicted molar refractivity (Wildman–Crippen MR) is 106 cm³/mol. The summed E-state index contributed by atoms with van der Waals surface area (Å²) in [5.41, 5.74) is 1.41. The highest BCUT2D eigenvalue weighted by Crippen LogP contribution is 2.32. The van der Waals surface area contributed by atoms with Gasteiger partial charge in [-0.1, -0.05) is 19.1 Å². The van der Waals surface area contributed by atoms with Gasteiger partial charge < -0.3 is 24.6 Å². The molecule has 0 unspecified atom stereocenters. The molecule has 1 aromatic carbocycles. The number of aromatic nitrogens is 1. The van der Waals surface area contributed by atoms with Crippen molar-refractivity contribution in [2.45, 2.75) is 13.5 Å². The van der Waals surface area contributed by atoms with Crippen LogP contribution in [0.4, 0.5) is 0 Å². The normalized spacial score (nSPS) is 16.0. The van der Waals surface area contributed by atoms with Crippen LogP contribution in [0.1, 0.15) is 33.5 Å². The zero-order valence-electron chi connectivity index (χ0n) is 16.4. The Balaban J connectivity index is 1.37. The Hall–Kier alpha value is -3.13. The quantitative estimate of drug-likeness (QED) is 0.825. The maximum absolute atomic E-state index is 12.7. The van der Waals surface area contributed by atoms with Crippen LogP contribution in [0, 0.1) is 0 Å². The van der Waals surface area contributed by atoms with E-state index in [4.69, 9.17) is 9.47 Å². The number of piperazine rings is 1. The van der Waals surface area contributed by atoms with Gasteiger partial charge in [-0.05, 0) is 36.4 Å². The Bertz CT molecular complexity index is 909. The van der Waals surface area contributed by atoms with Gasteiger partial charge in [-0.3, -0.25) is 9.59 Å². The highest BCUT2D eigenvalue weighted by atomic mass is 16.7. The first kappa shape index (κ1) is 19.2. The number of rotatable bonds is 5. The summed E-state index contributed by atoms with van der Waals surface area (Å²) in [6.45, 7) is 6.71. The zero-order chi connectivity index (χ0) is 20.2. The topological polar surface area (TPSA) is 84.0 Å². The van der Waals surface area contributed by atoms with Gasteiger partial charge in [0.1, 0.15) is 11.4 Å². The summed E-state index contributed by atoms with van der Waals surface area (Å²) in [5.74, 6) is 0.914. The summed E-state index contributed by atoms with van der Waals surface area (Å²) >= 11 is 0. The van der Waals surface area contributed by atoms with E-state index in [0.29, 0.717) is 36.8 Å². The standard InChI is InChI=1S/C21H24N4O4/c1-2-24-8-10-25(11-9-24)21(27)17-5-3-4-16(23-17)20(26)22-13-15-6-7-18-19(12-15)29-14-28-18/h3-7,12H,2,8-11,13-14H2,1H3,(H,22,26). The average Bonchev–Trinajstić information content (AvgIpc) is 3.25. The molecule has 1 saturated heterocycles. The molecule has 0 saturated carbocycles. The molecule has 1 N–H and O–H groups in total. The lowest BCUT2D eigenvalue weighted by Crippen LogP contribution is -2.48. The van der Waals surface area contributed by atoms with Crippen LogP contribution in [0.15, 0.2) is 36.4 Å². The van der Waals surface area contributed by atoms with E-state index in [0.717, 1.165) is 25.2 Å². The smallest absolute Gasteiger partial charge is 0.272 e. The van der Waals surface area contributed by atoms with Gasteiger partial charge >= 0.3 is 0 Å². The fourth-order valence-electron chi connectivity index (χ4n) is 3.43. The summed E-state index contributed by atoms with van der Waals surface area (Å²) < 4.78 is 10.6. The molecule has 152 valence electrons. The van der Waals surface area contributed by atoms with E-state index >= 15 is 0 Å². The lowest BCUT2D eigenvalue weighted by atomic mass is 10.2. The molecule has 2 aliphatic rings. The van der Waals surface area contributed by atoms with Gasteiger partial charge in [0.2, 0.25) is 6.79 Å². The predicted octanol–water partition coefficient (Wildman–Crippen LogP) is 1.52. The third-order valence-electron chi connectivity index (χ3n) is 5.20. The molecule has 4 rings (SSSR count). The number of likely N-dealkylation sites (N-methyl/N-ethyl adjacent to an activating group) is 1. The van der Waals surface area contributed by atoms with Crippen LogP contribution in [0.25, 0.3) is 0 Å². The first-order valence-electron chi connectivity index (χ1n) is 9.79. The second-order valence-corrected chi connectivity index (χ2v) is 7.00. The first-order chi connectivity index (χ1) is 14.1. The number of nitrogens with one attached hydrogen (secondary N) is 1. The number of pyridine rings is 1. The van der Waals surface area contributed by atoms with Crippen molar-refractivity contribution in [2.24, 2.45) is 0 Å². The van der Waals surface area contributed by atoms with Crippen molar-refractivity contribution in [1.82, 2.24) is 20.1 Å². The lowest BCUT2D eigenvalue weighted by molar-refractivity contribution is 0.0637. The minimum Gasteiger partial charge on any atom is -0.454 e. The molecule has 1 aromatic heterocycles. The molecule has 2 aromatic rings. The Morgan fingerprint density at radius 2 is 1.79 bits per heavy atom. The molecule has 0 aliphatic carbocycles. The summed E-state index contributed by atoms with van der Waals surface area (Å²) in [5, 5.41) is 2.84. The van der Waals surface area contributed by atoms with Crippen LogP contribution in [0.2, 0.25) is 0 Å². The number of ether oxygens (including phenoxy) is 2. The maximum atomic E-state index is 12.7. The van der Waals surface area contributed by atoms with E-state index in [9.17, 15) is 9.59 Å². The Kier molecular flexibility index (Phi) is 5.62. The summed E-state index contributed by atoms with van der Waals surface area (Å²) in [6.07, 6.45) is 0. The van der Waals surface area contributed by atoms with Crippen molar-refractivity contribution in [3.63, 3.8) is 0 Å². The van der Waals surface area contributed by atoms with Crippen LogP contribution in [-0.2, 0) is 6.54 Å². The van der Waals surface area contributed by atoms with Crippen molar-refractivity contribution < 1.29 is 19.1 Å². The molecule has 0 spiro atoms. The van der Waals surface area contributed by atoms with Crippen molar-refractivity contribution in [3.8, 4) is 11.5 Å². The van der Waals surface area contributed by atoms with Crippen LogP contribution in [0.5, 0.6) is 11.5 Å². The zero-order valence-corrected chi connectivity index (χ0v) is 16.4. The second-order valence-electron chi connectivity index (χ2n) is 7.00. The van der Waals surface area contributed by atoms with E-state index in [-0.39, 0.29) is 24.3 Å². The van der Waals surface area contributed by atoms with E-state index in [1.165, 1.54) is 0 Å². The number of amides is 2. The van der Waals surface area contributed by atoms with Crippen LogP contribution < -0.4 is 14.8 Å². The molecule has 8 heteroatoms. The fraction of sp³-hybridized carbons (Fsp3) is 0.381. The number of nitrogens with zero attached hydrogens (tertiary/aromatic N) is 3. The fourth-order valence-corrected chi connectivity index (χ4v) is 3.43. The second kappa shape index (κ2) is 8.48. The van der Waals surface area contributed by atoms with Gasteiger partial charge in [-0.2, -0.15) is 0 Å². The van der Waals surface area contributed by atoms with Crippen LogP contribution in [-0.4, -0.2) is 66.1 Å². The highest BCUT2D eigenvalue weighted by molar-refractivity contribution is 5.96. The Morgan fingerprint density at radius 3 is 2.59 bits per heavy atom. The molecule has 2 aliphatic heterocycles. The molecule has 1 fully saturated rings. The number of carbonyl (C=O) groups excluding carboxylic acids is 2. The van der Waals surface area contributed by atoms with Gasteiger partial charge in [-0.25, -0.2) is 4.98 Å². The summed E-state index contributed by atoms with van der Waals surface area (Å²) in [7, 11) is 0. The van der Waals surface area contributed by atoms with Crippen molar-refractivity contribution in [3.05, 3.63) is 53.3 Å². The Labute approximate surface area is 169 Å². The lowest BCUT2D eigenvalue weighted by Gasteiger charge is -2.33. The molecule has 0 bridgehead atoms. The van der Waals surface area contributed by atoms with E-state index in [2.05, 4.69) is 22.1 Å². The molecule has 0 radical (unpaired) electrons. The van der Waals surface area contributed by atoms with E-state index in [1.54, 1.807) is 23.1 Å². The number of hydrogen-bond donors (Lipinski definition) is 1. The van der Waals surface area contributed by atoms with Gasteiger partial charge in [0, 0.05) is 32.7 Å². The Morgan fingerprint density at radius 1 is 1.03 bits per heavy atom. The molecular formula is C21H24N4O4. The molecule has 0 atom stereocenters. The molecule has 3 heterocycles. The van der Waals surface area contributed by atoms with Crippen molar-refractivity contribution in [1.29, 1.82) is 0 Å². The third-order valence-corrected chi connectivity index (χ3v) is 5.20. The van der Waals surface area contributed by atoms with Crippen molar-refractivity contribution >= 4 is 11.8 Å². The third kappa shape index (κ3) is 4.32. The van der Waals surface area contributed by atoms with Gasteiger partial charge in [-0.15, -0.1) is 0 Å². The molecule has 8 nitrogen and oxygen atoms in total. The molecule has 29 heavy (non-hydrogen) atoms. The largest absolute Gasteiger partial charge is 0.454 e. The summed E-state index contributed by atoms with van der Waals surface area (Å²) in [6, 6.07) is 10.5. The SMILES string of the molecule is CCN1CCN(C(=O)c2cccc(C(=O)NCc3ccc4c(c3)OCO4)n2)CC1. The number of benzene rings is 1. The molecular weight excluding hydrogens is 372 g/mol. The van der Waals surface area contributed by atoms with E-state index in [1.807, 2.05) is 18.2 Å². The number of fused-ring (bicyclic) bond motifs is 1. The van der Waals surface area contributed by atoms with E-state index < -0.39 is 0 Å². The summed E-state index contributed by atoms with van der Waals surface area (Å²) in [4.78, 5) is 33.7. The van der Waals surface area contributed by atoms with Gasteiger partial charge in [0.15, 0.2) is 11.5 Å². The maximum Gasteiger partial charge on any atom is 0.272 e. The minimum atomic E-state index is -0.326. The highest BCUT2D eigenvalue weighted by Gasteiger charge is 2.23. The van der Waals surface area contributed by atoms with Gasteiger partial charge in [0.25, 0.3) is 11.8 Å². The van der Waals surface area contributed by atoms with Gasteiger partial charge in [0.05, 0.1) is 0 Å². The monoisotopic (exact) mass is 396 g/mol. The molecule has 2 amide bonds. The van der Waals surface area contributed by atoms with Crippen LogP contribution >= 0.6 is 0 Å². The minimum absolute atomic E-state index is 0.133.